The standard InChI is InChI=1S/C16H22N6O/c1-8(17)9(2)21-10(3)11-4-5-12-13(6-11)15(22-16(18)19)20-7-14(12)23/h4-9,21,23H,3,17H2,1-2H3,(H4,18,19,20,22). The highest BCUT2D eigenvalue weighted by Crippen LogP contribution is 2.32. The van der Waals surface area contributed by atoms with Crippen LogP contribution in [0.1, 0.15) is 19.4 Å². The van der Waals surface area contributed by atoms with Crippen molar-refractivity contribution in [2.45, 2.75) is 25.9 Å². The van der Waals surface area contributed by atoms with Crippen LogP contribution in [0.3, 0.4) is 0 Å². The molecule has 0 saturated carbocycles. The SMILES string of the molecule is C=C(NC(C)C(C)N)c1ccc2c(O)cnc(N=C(N)N)c2c1. The molecule has 0 radical (unpaired) electrons. The molecule has 1 heterocycles. The Kier molecular flexibility index (Phi) is 4.71. The summed E-state index contributed by atoms with van der Waals surface area (Å²) in [5, 5.41) is 14.4. The molecule has 0 bridgehead atoms. The summed E-state index contributed by atoms with van der Waals surface area (Å²) in [6.45, 7) is 7.93. The van der Waals surface area contributed by atoms with Crippen LogP contribution in [0.15, 0.2) is 36.0 Å². The second kappa shape index (κ2) is 6.53. The van der Waals surface area contributed by atoms with E-state index in [9.17, 15) is 5.11 Å². The molecule has 0 aliphatic rings. The van der Waals surface area contributed by atoms with Crippen molar-refractivity contribution < 1.29 is 5.11 Å². The molecule has 0 fully saturated rings. The Labute approximate surface area is 134 Å². The number of guanidine groups is 1. The lowest BCUT2D eigenvalue weighted by molar-refractivity contribution is 0.479. The predicted molar refractivity (Wildman–Crippen MR) is 94.2 cm³/mol. The minimum absolute atomic E-state index is 0.0184. The van der Waals surface area contributed by atoms with Gasteiger partial charge in [0.25, 0.3) is 0 Å². The monoisotopic (exact) mass is 314 g/mol. The van der Waals surface area contributed by atoms with E-state index in [0.717, 1.165) is 11.3 Å². The highest BCUT2D eigenvalue weighted by Gasteiger charge is 2.12. The molecule has 0 saturated heterocycles. The normalized spacial score (nSPS) is 13.3. The van der Waals surface area contributed by atoms with E-state index in [1.165, 1.54) is 6.20 Å². The maximum absolute atomic E-state index is 9.95. The van der Waals surface area contributed by atoms with E-state index >= 15 is 0 Å². The van der Waals surface area contributed by atoms with Gasteiger partial charge in [-0.2, -0.15) is 4.99 Å². The van der Waals surface area contributed by atoms with E-state index in [4.69, 9.17) is 17.2 Å². The summed E-state index contributed by atoms with van der Waals surface area (Å²) in [6, 6.07) is 5.50. The first kappa shape index (κ1) is 16.6. The van der Waals surface area contributed by atoms with Crippen molar-refractivity contribution in [1.29, 1.82) is 0 Å². The smallest absolute Gasteiger partial charge is 0.192 e. The Morgan fingerprint density at radius 3 is 2.61 bits per heavy atom. The van der Waals surface area contributed by atoms with Gasteiger partial charge < -0.3 is 27.6 Å². The number of nitrogens with one attached hydrogen (secondary N) is 1. The van der Waals surface area contributed by atoms with Gasteiger partial charge >= 0.3 is 0 Å². The first-order valence-electron chi connectivity index (χ1n) is 7.22. The first-order valence-corrected chi connectivity index (χ1v) is 7.22. The van der Waals surface area contributed by atoms with Gasteiger partial charge in [0, 0.05) is 28.6 Å². The van der Waals surface area contributed by atoms with Gasteiger partial charge in [0.2, 0.25) is 0 Å². The van der Waals surface area contributed by atoms with Crippen LogP contribution in [0.4, 0.5) is 5.82 Å². The molecule has 2 unspecified atom stereocenters. The molecule has 2 rings (SSSR count). The van der Waals surface area contributed by atoms with Crippen LogP contribution in [-0.4, -0.2) is 28.1 Å². The quantitative estimate of drug-likeness (QED) is 0.415. The molecule has 1 aromatic carbocycles. The van der Waals surface area contributed by atoms with E-state index in [2.05, 4.69) is 21.9 Å². The molecule has 0 aliphatic carbocycles. The van der Waals surface area contributed by atoms with Gasteiger partial charge in [-0.1, -0.05) is 12.6 Å². The summed E-state index contributed by atoms with van der Waals surface area (Å²) in [5.74, 6) is 0.300. The van der Waals surface area contributed by atoms with E-state index in [-0.39, 0.29) is 23.8 Å². The molecular weight excluding hydrogens is 292 g/mol. The molecule has 2 atom stereocenters. The summed E-state index contributed by atoms with van der Waals surface area (Å²) >= 11 is 0. The number of nitrogens with two attached hydrogens (primary N) is 3. The van der Waals surface area contributed by atoms with Gasteiger partial charge in [-0.05, 0) is 31.5 Å². The highest BCUT2D eigenvalue weighted by molar-refractivity contribution is 5.98. The zero-order valence-corrected chi connectivity index (χ0v) is 13.2. The largest absolute Gasteiger partial charge is 0.506 e. The first-order chi connectivity index (χ1) is 10.8. The predicted octanol–water partition coefficient (Wildman–Crippen LogP) is 1.14. The molecule has 8 N–H and O–H groups in total. The number of hydrogen-bond acceptors (Lipinski definition) is 5. The number of aromatic hydroxyl groups is 1. The van der Waals surface area contributed by atoms with Crippen LogP contribution in [-0.2, 0) is 0 Å². The van der Waals surface area contributed by atoms with Gasteiger partial charge in [-0.15, -0.1) is 0 Å². The highest BCUT2D eigenvalue weighted by atomic mass is 16.3. The van der Waals surface area contributed by atoms with Gasteiger partial charge in [0.1, 0.15) is 5.75 Å². The minimum Gasteiger partial charge on any atom is -0.506 e. The van der Waals surface area contributed by atoms with Crippen LogP contribution in [0.25, 0.3) is 16.5 Å². The van der Waals surface area contributed by atoms with E-state index in [1.807, 2.05) is 26.0 Å². The third kappa shape index (κ3) is 3.70. The van der Waals surface area contributed by atoms with Crippen molar-refractivity contribution in [2.24, 2.45) is 22.2 Å². The van der Waals surface area contributed by atoms with Crippen LogP contribution in [0, 0.1) is 0 Å². The van der Waals surface area contributed by atoms with Crippen molar-refractivity contribution in [3.8, 4) is 5.75 Å². The fourth-order valence-corrected chi connectivity index (χ4v) is 2.10. The average molecular weight is 314 g/mol. The Balaban J connectivity index is 2.48. The minimum atomic E-state index is -0.0996. The number of aliphatic imine (C=N–C) groups is 1. The Hall–Kier alpha value is -2.80. The van der Waals surface area contributed by atoms with Gasteiger partial charge in [-0.25, -0.2) is 4.98 Å². The number of benzene rings is 1. The van der Waals surface area contributed by atoms with Crippen molar-refractivity contribution in [3.63, 3.8) is 0 Å². The Bertz CT molecular complexity index is 764. The summed E-state index contributed by atoms with van der Waals surface area (Å²) in [4.78, 5) is 8.07. The lowest BCUT2D eigenvalue weighted by atomic mass is 10.0. The summed E-state index contributed by atoms with van der Waals surface area (Å²) in [6.07, 6.45) is 1.31. The van der Waals surface area contributed by atoms with E-state index < -0.39 is 0 Å². The van der Waals surface area contributed by atoms with Gasteiger partial charge in [-0.3, -0.25) is 0 Å². The van der Waals surface area contributed by atoms with Crippen molar-refractivity contribution >= 4 is 28.2 Å². The molecule has 7 nitrogen and oxygen atoms in total. The summed E-state index contributed by atoms with van der Waals surface area (Å²) in [7, 11) is 0. The molecule has 23 heavy (non-hydrogen) atoms. The molecule has 1 aromatic heterocycles. The van der Waals surface area contributed by atoms with Gasteiger partial charge in [0.15, 0.2) is 11.8 Å². The molecule has 122 valence electrons. The summed E-state index contributed by atoms with van der Waals surface area (Å²) < 4.78 is 0. The number of fused-ring (bicyclic) bond motifs is 1. The van der Waals surface area contributed by atoms with Crippen LogP contribution in [0.5, 0.6) is 5.75 Å². The fourth-order valence-electron chi connectivity index (χ4n) is 2.10. The summed E-state index contributed by atoms with van der Waals surface area (Å²) in [5.41, 5.74) is 18.3. The molecule has 0 spiro atoms. The number of hydrogen-bond donors (Lipinski definition) is 5. The van der Waals surface area contributed by atoms with E-state index in [0.29, 0.717) is 16.6 Å². The van der Waals surface area contributed by atoms with Crippen molar-refractivity contribution in [1.82, 2.24) is 10.3 Å². The number of nitrogens with zero attached hydrogens (tertiary/aromatic N) is 2. The topological polar surface area (TPSA) is 136 Å². The molecular formula is C16H22N6O. The second-order valence-corrected chi connectivity index (χ2v) is 5.53. The maximum Gasteiger partial charge on any atom is 0.192 e. The third-order valence-electron chi connectivity index (χ3n) is 3.62. The lowest BCUT2D eigenvalue weighted by Gasteiger charge is -2.20. The second-order valence-electron chi connectivity index (χ2n) is 5.53. The number of rotatable bonds is 5. The average Bonchev–Trinajstić information content (AvgIpc) is 2.49. The van der Waals surface area contributed by atoms with Crippen molar-refractivity contribution in [2.75, 3.05) is 0 Å². The maximum atomic E-state index is 9.95. The molecule has 0 aliphatic heterocycles. The zero-order chi connectivity index (χ0) is 17.1. The fraction of sp³-hybridized carbons (Fsp3) is 0.250. The molecule has 7 heteroatoms. The van der Waals surface area contributed by atoms with Crippen molar-refractivity contribution in [3.05, 3.63) is 36.5 Å². The van der Waals surface area contributed by atoms with Crippen LogP contribution in [0.2, 0.25) is 0 Å². The number of pyridine rings is 1. The zero-order valence-electron chi connectivity index (χ0n) is 13.2. The van der Waals surface area contributed by atoms with Gasteiger partial charge in [0.05, 0.1) is 6.20 Å². The molecule has 2 aromatic rings. The van der Waals surface area contributed by atoms with Crippen LogP contribution < -0.4 is 22.5 Å². The lowest BCUT2D eigenvalue weighted by Crippen LogP contribution is -2.39. The number of aromatic nitrogens is 1. The van der Waals surface area contributed by atoms with Crippen LogP contribution >= 0.6 is 0 Å². The Morgan fingerprint density at radius 2 is 2.00 bits per heavy atom. The van der Waals surface area contributed by atoms with E-state index in [1.54, 1.807) is 6.07 Å². The molecule has 0 amide bonds. The third-order valence-corrected chi connectivity index (χ3v) is 3.62. The Morgan fingerprint density at radius 1 is 1.30 bits per heavy atom.